The molecule has 0 unspecified atom stereocenters. The van der Waals surface area contributed by atoms with Gasteiger partial charge in [0, 0.05) is 31.7 Å². The van der Waals surface area contributed by atoms with Gasteiger partial charge in [-0.15, -0.1) is 0 Å². The van der Waals surface area contributed by atoms with Crippen molar-refractivity contribution in [3.05, 3.63) is 70.8 Å². The molecule has 29 heavy (non-hydrogen) atoms. The molecule has 0 saturated carbocycles. The molecule has 0 bridgehead atoms. The van der Waals surface area contributed by atoms with Crippen molar-refractivity contribution in [1.29, 1.82) is 0 Å². The van der Waals surface area contributed by atoms with Gasteiger partial charge in [0.15, 0.2) is 0 Å². The second kappa shape index (κ2) is 9.23. The van der Waals surface area contributed by atoms with Crippen LogP contribution in [0.15, 0.2) is 48.5 Å². The lowest BCUT2D eigenvalue weighted by atomic mass is 10.0. The molecule has 1 aliphatic rings. The van der Waals surface area contributed by atoms with Gasteiger partial charge in [-0.25, -0.2) is 9.59 Å². The molecule has 0 spiro atoms. The van der Waals surface area contributed by atoms with Crippen molar-refractivity contribution in [1.82, 2.24) is 9.80 Å². The number of benzene rings is 2. The Morgan fingerprint density at radius 1 is 0.931 bits per heavy atom. The summed E-state index contributed by atoms with van der Waals surface area (Å²) >= 11 is 0. The first-order chi connectivity index (χ1) is 14.0. The summed E-state index contributed by atoms with van der Waals surface area (Å²) in [5, 5.41) is 0. The monoisotopic (exact) mass is 396 g/mol. The summed E-state index contributed by atoms with van der Waals surface area (Å²) in [4.78, 5) is 40.0. The van der Waals surface area contributed by atoms with Crippen LogP contribution in [0.2, 0.25) is 0 Å². The molecule has 0 aromatic heterocycles. The van der Waals surface area contributed by atoms with Gasteiger partial charge in [-0.3, -0.25) is 4.79 Å². The van der Waals surface area contributed by atoms with Gasteiger partial charge < -0.3 is 19.3 Å². The number of piperazine rings is 1. The predicted octanol–water partition coefficient (Wildman–Crippen LogP) is 2.88. The van der Waals surface area contributed by atoms with Crippen LogP contribution in [0.25, 0.3) is 0 Å². The van der Waals surface area contributed by atoms with E-state index >= 15 is 0 Å². The molecule has 1 fully saturated rings. The van der Waals surface area contributed by atoms with Gasteiger partial charge in [-0.2, -0.15) is 0 Å². The zero-order valence-electron chi connectivity index (χ0n) is 16.6. The van der Waals surface area contributed by atoms with Crippen molar-refractivity contribution in [2.24, 2.45) is 0 Å². The van der Waals surface area contributed by atoms with E-state index in [0.29, 0.717) is 42.9 Å². The van der Waals surface area contributed by atoms with Crippen LogP contribution < -0.4 is 0 Å². The lowest BCUT2D eigenvalue weighted by Crippen LogP contribution is -2.50. The lowest BCUT2D eigenvalue weighted by Gasteiger charge is -2.34. The normalized spacial score (nSPS) is 13.7. The molecule has 3 rings (SSSR count). The molecule has 7 heteroatoms. The molecule has 0 radical (unpaired) electrons. The van der Waals surface area contributed by atoms with E-state index < -0.39 is 5.97 Å². The van der Waals surface area contributed by atoms with Gasteiger partial charge in [0.1, 0.15) is 6.61 Å². The molecule has 1 saturated heterocycles. The van der Waals surface area contributed by atoms with Crippen LogP contribution in [0.1, 0.15) is 31.8 Å². The predicted molar refractivity (Wildman–Crippen MR) is 107 cm³/mol. The average Bonchev–Trinajstić information content (AvgIpc) is 2.77. The zero-order chi connectivity index (χ0) is 20.8. The van der Waals surface area contributed by atoms with E-state index in [0.717, 1.165) is 5.56 Å². The Hall–Kier alpha value is -3.35. The van der Waals surface area contributed by atoms with E-state index in [1.807, 2.05) is 30.3 Å². The minimum Gasteiger partial charge on any atom is -0.465 e. The highest BCUT2D eigenvalue weighted by Crippen LogP contribution is 2.16. The van der Waals surface area contributed by atoms with E-state index in [2.05, 4.69) is 0 Å². The highest BCUT2D eigenvalue weighted by Gasteiger charge is 2.26. The Kier molecular flexibility index (Phi) is 6.49. The van der Waals surface area contributed by atoms with E-state index in [1.54, 1.807) is 34.9 Å². The number of hydrogen-bond donors (Lipinski definition) is 0. The molecular weight excluding hydrogens is 372 g/mol. The number of ether oxygens (including phenoxy) is 2. The van der Waals surface area contributed by atoms with Crippen LogP contribution in [0.5, 0.6) is 0 Å². The molecule has 0 atom stereocenters. The first-order valence-electron chi connectivity index (χ1n) is 9.43. The van der Waals surface area contributed by atoms with E-state index in [4.69, 9.17) is 9.47 Å². The van der Waals surface area contributed by atoms with E-state index in [9.17, 15) is 14.4 Å². The van der Waals surface area contributed by atoms with Crippen molar-refractivity contribution in [3.8, 4) is 0 Å². The standard InChI is InChI=1S/C22H24N2O5/c1-16-14-18(8-9-19(16)21(26)28-2)20(25)23-10-12-24(13-11-23)22(27)29-15-17-6-4-3-5-7-17/h3-9,14H,10-13,15H2,1-2H3. The number of esters is 1. The molecule has 2 aromatic rings. The molecule has 152 valence electrons. The van der Waals surface area contributed by atoms with Crippen molar-refractivity contribution in [2.75, 3.05) is 33.3 Å². The summed E-state index contributed by atoms with van der Waals surface area (Å²) in [6, 6.07) is 14.4. The highest BCUT2D eigenvalue weighted by molar-refractivity contribution is 5.97. The van der Waals surface area contributed by atoms with Gasteiger partial charge in [0.25, 0.3) is 5.91 Å². The van der Waals surface area contributed by atoms with Crippen LogP contribution in [0, 0.1) is 6.92 Å². The number of aryl methyl sites for hydroxylation is 1. The van der Waals surface area contributed by atoms with Gasteiger partial charge in [0.2, 0.25) is 0 Å². The molecule has 7 nitrogen and oxygen atoms in total. The summed E-state index contributed by atoms with van der Waals surface area (Å²) in [5.74, 6) is -0.550. The summed E-state index contributed by atoms with van der Waals surface area (Å²) in [6.45, 7) is 3.68. The maximum Gasteiger partial charge on any atom is 0.410 e. The van der Waals surface area contributed by atoms with E-state index in [1.165, 1.54) is 7.11 Å². The minimum absolute atomic E-state index is 0.123. The van der Waals surface area contributed by atoms with Gasteiger partial charge in [-0.1, -0.05) is 30.3 Å². The second-order valence-corrected chi connectivity index (χ2v) is 6.84. The van der Waals surface area contributed by atoms with E-state index in [-0.39, 0.29) is 18.6 Å². The van der Waals surface area contributed by atoms with Crippen LogP contribution in [0.3, 0.4) is 0 Å². The third-order valence-electron chi connectivity index (χ3n) is 4.91. The molecule has 2 amide bonds. The van der Waals surface area contributed by atoms with Crippen LogP contribution in [-0.4, -0.2) is 61.1 Å². The molecular formula is C22H24N2O5. The topological polar surface area (TPSA) is 76.2 Å². The minimum atomic E-state index is -0.427. The van der Waals surface area contributed by atoms with Crippen molar-refractivity contribution >= 4 is 18.0 Å². The smallest absolute Gasteiger partial charge is 0.410 e. The SMILES string of the molecule is COC(=O)c1ccc(C(=O)N2CCN(C(=O)OCc3ccccc3)CC2)cc1C. The fourth-order valence-corrected chi connectivity index (χ4v) is 3.22. The zero-order valence-corrected chi connectivity index (χ0v) is 16.6. The number of hydrogen-bond acceptors (Lipinski definition) is 5. The van der Waals surface area contributed by atoms with Crippen molar-refractivity contribution < 1.29 is 23.9 Å². The van der Waals surface area contributed by atoms with Crippen LogP contribution in [-0.2, 0) is 16.1 Å². The second-order valence-electron chi connectivity index (χ2n) is 6.84. The van der Waals surface area contributed by atoms with Gasteiger partial charge in [-0.05, 0) is 36.2 Å². The quantitative estimate of drug-likeness (QED) is 0.743. The Bertz CT molecular complexity index is 889. The number of nitrogens with zero attached hydrogens (tertiary/aromatic N) is 2. The van der Waals surface area contributed by atoms with Crippen molar-refractivity contribution in [3.63, 3.8) is 0 Å². The fourth-order valence-electron chi connectivity index (χ4n) is 3.22. The Morgan fingerprint density at radius 2 is 1.59 bits per heavy atom. The number of methoxy groups -OCH3 is 1. The van der Waals surface area contributed by atoms with Crippen LogP contribution >= 0.6 is 0 Å². The summed E-state index contributed by atoms with van der Waals surface area (Å²) in [5.41, 5.74) is 2.57. The lowest BCUT2D eigenvalue weighted by molar-refractivity contribution is 0.0543. The number of carbonyl (C=O) groups excluding carboxylic acids is 3. The molecule has 1 heterocycles. The van der Waals surface area contributed by atoms with Crippen molar-refractivity contribution in [2.45, 2.75) is 13.5 Å². The average molecular weight is 396 g/mol. The highest BCUT2D eigenvalue weighted by atomic mass is 16.6. The number of carbonyl (C=O) groups is 3. The summed E-state index contributed by atoms with van der Waals surface area (Å²) in [6.07, 6.45) is -0.376. The molecule has 0 aliphatic carbocycles. The maximum absolute atomic E-state index is 12.8. The fraction of sp³-hybridized carbons (Fsp3) is 0.318. The number of rotatable bonds is 4. The van der Waals surface area contributed by atoms with Gasteiger partial charge >= 0.3 is 12.1 Å². The summed E-state index contributed by atoms with van der Waals surface area (Å²) < 4.78 is 10.1. The van der Waals surface area contributed by atoms with Crippen LogP contribution in [0.4, 0.5) is 4.79 Å². The third-order valence-corrected chi connectivity index (χ3v) is 4.91. The first kappa shape index (κ1) is 20.4. The maximum atomic E-state index is 12.8. The number of amides is 2. The Labute approximate surface area is 169 Å². The Morgan fingerprint density at radius 3 is 2.21 bits per heavy atom. The first-order valence-corrected chi connectivity index (χ1v) is 9.43. The largest absolute Gasteiger partial charge is 0.465 e. The molecule has 2 aromatic carbocycles. The van der Waals surface area contributed by atoms with Gasteiger partial charge in [0.05, 0.1) is 12.7 Å². The Balaban J connectivity index is 1.53. The third kappa shape index (κ3) is 4.93. The molecule has 1 aliphatic heterocycles. The summed E-state index contributed by atoms with van der Waals surface area (Å²) in [7, 11) is 1.32. The molecule has 0 N–H and O–H groups in total.